The third kappa shape index (κ3) is 4.68. The van der Waals surface area contributed by atoms with Crippen molar-refractivity contribution in [1.29, 1.82) is 5.26 Å². The predicted octanol–water partition coefficient (Wildman–Crippen LogP) is 4.30. The van der Waals surface area contributed by atoms with Crippen molar-refractivity contribution in [3.05, 3.63) is 0 Å². The standard InChI is InChI=1S/C15H27NO/c1-3-5-14-6-8-15(13-16,9-7-14)10-12-17-11-4-2/h14H,3-12H2,1-2H3. The second-order valence-electron chi connectivity index (χ2n) is 5.49. The number of hydrogen-bond donors (Lipinski definition) is 0. The van der Waals surface area contributed by atoms with Gasteiger partial charge in [0.05, 0.1) is 11.5 Å². The van der Waals surface area contributed by atoms with Gasteiger partial charge in [-0.2, -0.15) is 5.26 Å². The molecule has 2 heteroatoms. The summed E-state index contributed by atoms with van der Waals surface area (Å²) in [5.41, 5.74) is -0.0714. The quantitative estimate of drug-likeness (QED) is 0.618. The number of nitriles is 1. The molecule has 0 saturated heterocycles. The maximum atomic E-state index is 9.41. The molecule has 0 spiro atoms. The van der Waals surface area contributed by atoms with E-state index in [0.717, 1.165) is 44.8 Å². The summed E-state index contributed by atoms with van der Waals surface area (Å²) in [6.07, 6.45) is 9.29. The van der Waals surface area contributed by atoms with Crippen LogP contribution in [0.1, 0.15) is 65.2 Å². The molecule has 1 aliphatic carbocycles. The molecule has 1 aliphatic rings. The Bertz CT molecular complexity index is 230. The molecule has 0 atom stereocenters. The molecule has 0 heterocycles. The minimum absolute atomic E-state index is 0.0714. The first-order chi connectivity index (χ1) is 8.26. The van der Waals surface area contributed by atoms with Crippen LogP contribution in [0.25, 0.3) is 0 Å². The van der Waals surface area contributed by atoms with Crippen LogP contribution in [-0.2, 0) is 4.74 Å². The van der Waals surface area contributed by atoms with Crippen molar-refractivity contribution in [1.82, 2.24) is 0 Å². The van der Waals surface area contributed by atoms with Crippen molar-refractivity contribution in [3.63, 3.8) is 0 Å². The average Bonchev–Trinajstić information content (AvgIpc) is 2.37. The summed E-state index contributed by atoms with van der Waals surface area (Å²) in [4.78, 5) is 0. The molecule has 0 N–H and O–H groups in total. The van der Waals surface area contributed by atoms with Crippen molar-refractivity contribution in [2.24, 2.45) is 11.3 Å². The summed E-state index contributed by atoms with van der Waals surface area (Å²) >= 11 is 0. The topological polar surface area (TPSA) is 33.0 Å². The lowest BCUT2D eigenvalue weighted by Gasteiger charge is -2.34. The highest BCUT2D eigenvalue weighted by Gasteiger charge is 2.34. The smallest absolute Gasteiger partial charge is 0.0690 e. The van der Waals surface area contributed by atoms with Gasteiger partial charge in [-0.25, -0.2) is 0 Å². The molecule has 0 amide bonds. The van der Waals surface area contributed by atoms with Crippen LogP contribution in [0, 0.1) is 22.7 Å². The van der Waals surface area contributed by atoms with Gasteiger partial charge < -0.3 is 4.74 Å². The molecule has 17 heavy (non-hydrogen) atoms. The Morgan fingerprint density at radius 2 is 1.88 bits per heavy atom. The largest absolute Gasteiger partial charge is 0.381 e. The summed E-state index contributed by atoms with van der Waals surface area (Å²) in [5, 5.41) is 9.41. The van der Waals surface area contributed by atoms with E-state index >= 15 is 0 Å². The zero-order valence-corrected chi connectivity index (χ0v) is 11.5. The van der Waals surface area contributed by atoms with Gasteiger partial charge in [-0.05, 0) is 44.4 Å². The number of rotatable bonds is 7. The van der Waals surface area contributed by atoms with E-state index in [9.17, 15) is 5.26 Å². The van der Waals surface area contributed by atoms with Gasteiger partial charge in [-0.15, -0.1) is 0 Å². The first-order valence-corrected chi connectivity index (χ1v) is 7.25. The Labute approximate surface area is 106 Å². The van der Waals surface area contributed by atoms with Gasteiger partial charge >= 0.3 is 0 Å². The highest BCUT2D eigenvalue weighted by atomic mass is 16.5. The summed E-state index contributed by atoms with van der Waals surface area (Å²) in [6.45, 7) is 5.97. The van der Waals surface area contributed by atoms with E-state index in [4.69, 9.17) is 4.74 Å². The number of hydrogen-bond acceptors (Lipinski definition) is 2. The van der Waals surface area contributed by atoms with Gasteiger partial charge in [-0.1, -0.05) is 26.7 Å². The zero-order chi connectivity index (χ0) is 12.6. The molecule has 0 radical (unpaired) electrons. The number of ether oxygens (including phenoxy) is 1. The van der Waals surface area contributed by atoms with E-state index < -0.39 is 0 Å². The van der Waals surface area contributed by atoms with Crippen molar-refractivity contribution >= 4 is 0 Å². The first kappa shape index (κ1) is 14.5. The molecule has 0 aromatic carbocycles. The van der Waals surface area contributed by atoms with Gasteiger partial charge in [0, 0.05) is 13.2 Å². The molecule has 0 aliphatic heterocycles. The summed E-state index contributed by atoms with van der Waals surface area (Å²) in [7, 11) is 0. The summed E-state index contributed by atoms with van der Waals surface area (Å²) in [6, 6.07) is 2.58. The zero-order valence-electron chi connectivity index (χ0n) is 11.5. The van der Waals surface area contributed by atoms with Crippen LogP contribution in [0.4, 0.5) is 0 Å². The fraction of sp³-hybridized carbons (Fsp3) is 0.933. The lowest BCUT2D eigenvalue weighted by molar-refractivity contribution is 0.0886. The Balaban J connectivity index is 2.31. The molecule has 1 saturated carbocycles. The molecular formula is C15H27NO. The molecule has 1 rings (SSSR count). The van der Waals surface area contributed by atoms with E-state index in [1.165, 1.54) is 25.7 Å². The van der Waals surface area contributed by atoms with Crippen LogP contribution in [0.3, 0.4) is 0 Å². The van der Waals surface area contributed by atoms with Crippen LogP contribution in [-0.4, -0.2) is 13.2 Å². The SMILES string of the molecule is CCCOCCC1(C#N)CCC(CCC)CC1. The van der Waals surface area contributed by atoms with Crippen LogP contribution < -0.4 is 0 Å². The molecule has 1 fully saturated rings. The van der Waals surface area contributed by atoms with Gasteiger partial charge in [0.1, 0.15) is 0 Å². The third-order valence-corrected chi connectivity index (χ3v) is 4.07. The van der Waals surface area contributed by atoms with Gasteiger partial charge in [0.15, 0.2) is 0 Å². The van der Waals surface area contributed by atoms with Crippen LogP contribution in [0.15, 0.2) is 0 Å². The van der Waals surface area contributed by atoms with Crippen LogP contribution in [0.5, 0.6) is 0 Å². The van der Waals surface area contributed by atoms with E-state index in [0.29, 0.717) is 0 Å². The van der Waals surface area contributed by atoms with Crippen LogP contribution in [0.2, 0.25) is 0 Å². The first-order valence-electron chi connectivity index (χ1n) is 7.25. The molecule has 2 nitrogen and oxygen atoms in total. The highest BCUT2D eigenvalue weighted by Crippen LogP contribution is 2.42. The second-order valence-corrected chi connectivity index (χ2v) is 5.49. The summed E-state index contributed by atoms with van der Waals surface area (Å²) < 4.78 is 5.54. The van der Waals surface area contributed by atoms with Crippen molar-refractivity contribution in [2.45, 2.75) is 65.2 Å². The van der Waals surface area contributed by atoms with E-state index in [1.807, 2.05) is 0 Å². The lowest BCUT2D eigenvalue weighted by Crippen LogP contribution is -2.27. The van der Waals surface area contributed by atoms with Gasteiger partial charge in [-0.3, -0.25) is 0 Å². The molecule has 0 aromatic rings. The minimum atomic E-state index is -0.0714. The maximum absolute atomic E-state index is 9.41. The normalized spacial score (nSPS) is 28.9. The number of nitrogens with zero attached hydrogens (tertiary/aromatic N) is 1. The highest BCUT2D eigenvalue weighted by molar-refractivity contribution is 5.01. The second kappa shape index (κ2) is 7.71. The molecule has 0 bridgehead atoms. The molecule has 0 unspecified atom stereocenters. The van der Waals surface area contributed by atoms with Crippen molar-refractivity contribution < 1.29 is 4.74 Å². The fourth-order valence-corrected chi connectivity index (χ4v) is 2.86. The van der Waals surface area contributed by atoms with Gasteiger partial charge in [0.2, 0.25) is 0 Å². The Morgan fingerprint density at radius 1 is 1.18 bits per heavy atom. The van der Waals surface area contributed by atoms with E-state index in [1.54, 1.807) is 0 Å². The summed E-state index contributed by atoms with van der Waals surface area (Å²) in [5.74, 6) is 0.873. The maximum Gasteiger partial charge on any atom is 0.0690 e. The molecular weight excluding hydrogens is 210 g/mol. The van der Waals surface area contributed by atoms with Crippen molar-refractivity contribution in [2.75, 3.05) is 13.2 Å². The third-order valence-electron chi connectivity index (χ3n) is 4.07. The van der Waals surface area contributed by atoms with Gasteiger partial charge in [0.25, 0.3) is 0 Å². The van der Waals surface area contributed by atoms with E-state index in [2.05, 4.69) is 19.9 Å². The molecule has 98 valence electrons. The lowest BCUT2D eigenvalue weighted by atomic mass is 9.69. The monoisotopic (exact) mass is 237 g/mol. The Hall–Kier alpha value is -0.550. The Morgan fingerprint density at radius 3 is 2.41 bits per heavy atom. The fourth-order valence-electron chi connectivity index (χ4n) is 2.86. The Kier molecular flexibility index (Phi) is 6.58. The average molecular weight is 237 g/mol. The molecule has 0 aromatic heterocycles. The van der Waals surface area contributed by atoms with Crippen molar-refractivity contribution in [3.8, 4) is 6.07 Å². The minimum Gasteiger partial charge on any atom is -0.381 e. The van der Waals surface area contributed by atoms with E-state index in [-0.39, 0.29) is 5.41 Å². The van der Waals surface area contributed by atoms with Crippen LogP contribution >= 0.6 is 0 Å². The predicted molar refractivity (Wildman–Crippen MR) is 70.6 cm³/mol.